The maximum Gasteiger partial charge on any atom is 0.252 e. The smallest absolute Gasteiger partial charge is 0.252 e. The number of carbonyl (C=O) groups is 1. The molecule has 31 heavy (non-hydrogen) atoms. The van der Waals surface area contributed by atoms with Crippen molar-refractivity contribution in [2.75, 3.05) is 49.9 Å². The number of piperazine rings is 1. The highest BCUT2D eigenvalue weighted by molar-refractivity contribution is 7.99. The van der Waals surface area contributed by atoms with Crippen LogP contribution in [0.25, 0.3) is 10.2 Å². The van der Waals surface area contributed by atoms with Crippen molar-refractivity contribution in [3.05, 3.63) is 53.6 Å². The maximum absolute atomic E-state index is 13.9. The lowest BCUT2D eigenvalue weighted by Crippen LogP contribution is -2.48. The summed E-state index contributed by atoms with van der Waals surface area (Å²) in [5.74, 6) is -0.321. The summed E-state index contributed by atoms with van der Waals surface area (Å²) >= 11 is 2.98. The third-order valence-corrected chi connectivity index (χ3v) is 7.21. The number of anilines is 1. The van der Waals surface area contributed by atoms with Crippen LogP contribution in [0.2, 0.25) is 0 Å². The molecule has 0 bridgehead atoms. The number of halogens is 2. The van der Waals surface area contributed by atoms with E-state index in [0.717, 1.165) is 60.1 Å². The number of amides is 1. The van der Waals surface area contributed by atoms with Crippen LogP contribution in [0, 0.1) is 11.6 Å². The third-order valence-electron chi connectivity index (χ3n) is 5.19. The maximum atomic E-state index is 13.9. The predicted octanol–water partition coefficient (Wildman–Crippen LogP) is 4.24. The number of aromatic nitrogens is 1. The van der Waals surface area contributed by atoms with Crippen LogP contribution in [0.5, 0.6) is 0 Å². The standard InChI is InChI=1S/C22H24F2N4OS2/c1-2-30-18-6-4-3-5-16(18)21(29)25-7-8-27-9-11-28(12-10-27)22-26-20-17(24)13-15(23)14-19(20)31-22/h3-6,13-14H,2,7-12H2,1H3,(H,25,29). The largest absolute Gasteiger partial charge is 0.351 e. The zero-order valence-electron chi connectivity index (χ0n) is 17.2. The number of carbonyl (C=O) groups excluding carboxylic acids is 1. The summed E-state index contributed by atoms with van der Waals surface area (Å²) in [5.41, 5.74) is 0.951. The van der Waals surface area contributed by atoms with Gasteiger partial charge in [0.2, 0.25) is 0 Å². The highest BCUT2D eigenvalue weighted by atomic mass is 32.2. The Balaban J connectivity index is 1.27. The molecule has 1 N–H and O–H groups in total. The van der Waals surface area contributed by atoms with E-state index in [-0.39, 0.29) is 11.4 Å². The zero-order chi connectivity index (χ0) is 21.8. The van der Waals surface area contributed by atoms with E-state index < -0.39 is 11.6 Å². The second-order valence-electron chi connectivity index (χ2n) is 7.24. The molecule has 0 spiro atoms. The zero-order valence-corrected chi connectivity index (χ0v) is 18.9. The number of hydrogen-bond donors (Lipinski definition) is 1. The van der Waals surface area contributed by atoms with E-state index in [0.29, 0.717) is 11.2 Å². The molecular weight excluding hydrogens is 438 g/mol. The molecule has 9 heteroatoms. The third kappa shape index (κ3) is 5.16. The van der Waals surface area contributed by atoms with Gasteiger partial charge in [-0.2, -0.15) is 0 Å². The molecule has 5 nitrogen and oxygen atoms in total. The van der Waals surface area contributed by atoms with E-state index >= 15 is 0 Å². The summed E-state index contributed by atoms with van der Waals surface area (Å²) in [5, 5.41) is 3.74. The van der Waals surface area contributed by atoms with Gasteiger partial charge in [0.05, 0.1) is 10.3 Å². The monoisotopic (exact) mass is 462 g/mol. The lowest BCUT2D eigenvalue weighted by molar-refractivity contribution is 0.0945. The first-order valence-electron chi connectivity index (χ1n) is 10.3. The number of thiazole rings is 1. The molecule has 1 amide bonds. The first kappa shape index (κ1) is 22.0. The second kappa shape index (κ2) is 9.93. The second-order valence-corrected chi connectivity index (χ2v) is 9.56. The summed E-state index contributed by atoms with van der Waals surface area (Å²) < 4.78 is 27.9. The minimum atomic E-state index is -0.620. The summed E-state index contributed by atoms with van der Waals surface area (Å²) in [6.07, 6.45) is 0. The van der Waals surface area contributed by atoms with Crippen LogP contribution in [0.1, 0.15) is 17.3 Å². The van der Waals surface area contributed by atoms with E-state index in [4.69, 9.17) is 0 Å². The topological polar surface area (TPSA) is 48.5 Å². The molecule has 1 aromatic heterocycles. The van der Waals surface area contributed by atoms with Gasteiger partial charge in [-0.25, -0.2) is 13.8 Å². The normalized spacial score (nSPS) is 14.9. The minimum Gasteiger partial charge on any atom is -0.351 e. The van der Waals surface area contributed by atoms with Gasteiger partial charge in [-0.05, 0) is 24.0 Å². The molecule has 1 aliphatic rings. The molecular formula is C22H24F2N4OS2. The number of hydrogen-bond acceptors (Lipinski definition) is 6. The number of rotatable bonds is 7. The molecule has 0 saturated carbocycles. The van der Waals surface area contributed by atoms with E-state index in [2.05, 4.69) is 27.0 Å². The average Bonchev–Trinajstić information content (AvgIpc) is 3.19. The van der Waals surface area contributed by atoms with Crippen LogP contribution < -0.4 is 10.2 Å². The fourth-order valence-corrected chi connectivity index (χ4v) is 5.46. The number of nitrogens with zero attached hydrogens (tertiary/aromatic N) is 3. The molecule has 0 unspecified atom stereocenters. The number of thioether (sulfide) groups is 1. The Hall–Kier alpha value is -2.23. The van der Waals surface area contributed by atoms with E-state index in [1.807, 2.05) is 24.3 Å². The van der Waals surface area contributed by atoms with Crippen molar-refractivity contribution in [2.45, 2.75) is 11.8 Å². The van der Waals surface area contributed by atoms with Crippen LogP contribution in [0.15, 0.2) is 41.3 Å². The minimum absolute atomic E-state index is 0.0427. The lowest BCUT2D eigenvalue weighted by Gasteiger charge is -2.34. The molecule has 0 aliphatic carbocycles. The molecule has 1 fully saturated rings. The summed E-state index contributed by atoms with van der Waals surface area (Å²) in [6, 6.07) is 9.87. The molecule has 164 valence electrons. The Morgan fingerprint density at radius 1 is 1.19 bits per heavy atom. The molecule has 1 saturated heterocycles. The summed E-state index contributed by atoms with van der Waals surface area (Å²) in [4.78, 5) is 22.3. The number of fused-ring (bicyclic) bond motifs is 1. The quantitative estimate of drug-likeness (QED) is 0.533. The number of benzene rings is 2. The van der Waals surface area contributed by atoms with Gasteiger partial charge in [0.1, 0.15) is 11.3 Å². The first-order chi connectivity index (χ1) is 15.0. The van der Waals surface area contributed by atoms with Gasteiger partial charge in [0.25, 0.3) is 5.91 Å². The van der Waals surface area contributed by atoms with Gasteiger partial charge in [0, 0.05) is 50.2 Å². The van der Waals surface area contributed by atoms with Crippen molar-refractivity contribution in [3.8, 4) is 0 Å². The van der Waals surface area contributed by atoms with E-state index in [9.17, 15) is 13.6 Å². The van der Waals surface area contributed by atoms with Crippen molar-refractivity contribution in [3.63, 3.8) is 0 Å². The van der Waals surface area contributed by atoms with Gasteiger partial charge in [0.15, 0.2) is 10.9 Å². The molecule has 2 heterocycles. The SMILES string of the molecule is CCSc1ccccc1C(=O)NCCN1CCN(c2nc3c(F)cc(F)cc3s2)CC1. The summed E-state index contributed by atoms with van der Waals surface area (Å²) in [6.45, 7) is 6.58. The first-order valence-corrected chi connectivity index (χ1v) is 12.1. The Morgan fingerprint density at radius 2 is 1.97 bits per heavy atom. The molecule has 3 aromatic rings. The molecule has 2 aromatic carbocycles. The fraction of sp³-hybridized carbons (Fsp3) is 0.364. The Morgan fingerprint density at radius 3 is 2.74 bits per heavy atom. The van der Waals surface area contributed by atoms with Gasteiger partial charge >= 0.3 is 0 Å². The van der Waals surface area contributed by atoms with Crippen LogP contribution in [0.3, 0.4) is 0 Å². The summed E-state index contributed by atoms with van der Waals surface area (Å²) in [7, 11) is 0. The molecule has 4 rings (SSSR count). The number of nitrogens with one attached hydrogen (secondary N) is 1. The highest BCUT2D eigenvalue weighted by Gasteiger charge is 2.21. The molecule has 0 atom stereocenters. The predicted molar refractivity (Wildman–Crippen MR) is 123 cm³/mol. The van der Waals surface area contributed by atoms with Crippen molar-refractivity contribution in [2.24, 2.45) is 0 Å². The van der Waals surface area contributed by atoms with E-state index in [1.165, 1.54) is 17.4 Å². The van der Waals surface area contributed by atoms with Gasteiger partial charge in [-0.1, -0.05) is 30.4 Å². The van der Waals surface area contributed by atoms with Crippen LogP contribution in [0.4, 0.5) is 13.9 Å². The molecule has 0 radical (unpaired) electrons. The van der Waals surface area contributed by atoms with Crippen molar-refractivity contribution in [1.82, 2.24) is 15.2 Å². The van der Waals surface area contributed by atoms with Crippen molar-refractivity contribution < 1.29 is 13.6 Å². The van der Waals surface area contributed by atoms with Crippen molar-refractivity contribution in [1.29, 1.82) is 0 Å². The highest BCUT2D eigenvalue weighted by Crippen LogP contribution is 2.31. The van der Waals surface area contributed by atoms with Gasteiger partial charge in [-0.3, -0.25) is 9.69 Å². The lowest BCUT2D eigenvalue weighted by atomic mass is 10.2. The Labute approximate surface area is 188 Å². The fourth-order valence-electron chi connectivity index (χ4n) is 3.60. The van der Waals surface area contributed by atoms with Crippen LogP contribution >= 0.6 is 23.1 Å². The van der Waals surface area contributed by atoms with Crippen molar-refractivity contribution >= 4 is 44.4 Å². The molecule has 1 aliphatic heterocycles. The Kier molecular flexibility index (Phi) is 7.04. The van der Waals surface area contributed by atoms with Crippen LogP contribution in [-0.2, 0) is 0 Å². The van der Waals surface area contributed by atoms with Crippen LogP contribution in [-0.4, -0.2) is 60.8 Å². The average molecular weight is 463 g/mol. The van der Waals surface area contributed by atoms with Gasteiger partial charge in [-0.15, -0.1) is 11.8 Å². The van der Waals surface area contributed by atoms with E-state index in [1.54, 1.807) is 11.8 Å². The van der Waals surface area contributed by atoms with Gasteiger partial charge < -0.3 is 10.2 Å². The Bertz CT molecular complexity index is 1070.